The number of hydrogen-bond acceptors (Lipinski definition) is 4. The van der Waals surface area contributed by atoms with Crippen molar-refractivity contribution < 1.29 is 19.1 Å². The van der Waals surface area contributed by atoms with E-state index in [-0.39, 0.29) is 18.5 Å². The number of esters is 1. The molecule has 2 aromatic carbocycles. The topological polar surface area (TPSA) is 76.7 Å². The average molecular weight is 401 g/mol. The van der Waals surface area contributed by atoms with Gasteiger partial charge < -0.3 is 20.1 Å². The molecule has 0 saturated heterocycles. The van der Waals surface area contributed by atoms with Gasteiger partial charge in [-0.2, -0.15) is 0 Å². The molecule has 2 aromatic rings. The number of benzene rings is 2. The van der Waals surface area contributed by atoms with E-state index in [1.54, 1.807) is 6.92 Å². The Morgan fingerprint density at radius 1 is 1.11 bits per heavy atom. The summed E-state index contributed by atoms with van der Waals surface area (Å²) in [6.07, 6.45) is 0. The summed E-state index contributed by atoms with van der Waals surface area (Å²) in [6.45, 7) is 2.23. The van der Waals surface area contributed by atoms with Gasteiger partial charge in [-0.15, -0.1) is 11.6 Å². The van der Waals surface area contributed by atoms with Crippen molar-refractivity contribution in [1.29, 1.82) is 0 Å². The van der Waals surface area contributed by atoms with Gasteiger partial charge in [-0.25, -0.2) is 9.59 Å². The van der Waals surface area contributed by atoms with Gasteiger partial charge in [-0.05, 0) is 30.2 Å². The molecule has 1 aliphatic rings. The Hall–Kier alpha value is -2.99. The molecule has 1 unspecified atom stereocenters. The van der Waals surface area contributed by atoms with E-state index in [1.165, 1.54) is 0 Å². The van der Waals surface area contributed by atoms with Crippen LogP contribution < -0.4 is 15.4 Å². The predicted molar refractivity (Wildman–Crippen MR) is 106 cm³/mol. The number of urea groups is 1. The molecular weight excluding hydrogens is 380 g/mol. The summed E-state index contributed by atoms with van der Waals surface area (Å²) in [5.74, 6) is 0.385. The number of hydrogen-bond donors (Lipinski definition) is 2. The molecule has 0 aliphatic carbocycles. The van der Waals surface area contributed by atoms with Crippen LogP contribution in [0, 0.1) is 0 Å². The Labute approximate surface area is 168 Å². The van der Waals surface area contributed by atoms with Gasteiger partial charge >= 0.3 is 12.0 Å². The van der Waals surface area contributed by atoms with E-state index in [1.807, 2.05) is 54.6 Å². The fourth-order valence-corrected chi connectivity index (χ4v) is 3.00. The molecule has 1 aliphatic heterocycles. The summed E-state index contributed by atoms with van der Waals surface area (Å²) in [5, 5.41) is 5.37. The molecule has 1 atom stereocenters. The van der Waals surface area contributed by atoms with Crippen LogP contribution in [-0.4, -0.2) is 24.5 Å². The van der Waals surface area contributed by atoms with Crippen molar-refractivity contribution in [3.8, 4) is 5.75 Å². The maximum Gasteiger partial charge on any atom is 0.338 e. The van der Waals surface area contributed by atoms with Gasteiger partial charge in [0, 0.05) is 5.70 Å². The van der Waals surface area contributed by atoms with Gasteiger partial charge in [0.1, 0.15) is 19.0 Å². The number of ether oxygens (including phenoxy) is 2. The van der Waals surface area contributed by atoms with Crippen LogP contribution in [0.3, 0.4) is 0 Å². The molecule has 28 heavy (non-hydrogen) atoms. The Balaban J connectivity index is 1.75. The van der Waals surface area contributed by atoms with Crippen LogP contribution in [0.1, 0.15) is 24.1 Å². The highest BCUT2D eigenvalue weighted by Crippen LogP contribution is 2.29. The first kappa shape index (κ1) is 19.8. The first-order chi connectivity index (χ1) is 13.6. The van der Waals surface area contributed by atoms with Gasteiger partial charge in [0.25, 0.3) is 0 Å². The number of halogens is 1. The fourth-order valence-electron chi connectivity index (χ4n) is 2.92. The van der Waals surface area contributed by atoms with Crippen molar-refractivity contribution in [3.63, 3.8) is 0 Å². The zero-order valence-corrected chi connectivity index (χ0v) is 16.2. The largest absolute Gasteiger partial charge is 0.489 e. The predicted octanol–water partition coefficient (Wildman–Crippen LogP) is 3.68. The van der Waals surface area contributed by atoms with E-state index in [4.69, 9.17) is 21.1 Å². The lowest BCUT2D eigenvalue weighted by Gasteiger charge is -2.28. The second-order valence-electron chi connectivity index (χ2n) is 6.24. The molecule has 0 radical (unpaired) electrons. The van der Waals surface area contributed by atoms with Crippen LogP contribution in [0.25, 0.3) is 0 Å². The molecule has 2 amide bonds. The van der Waals surface area contributed by atoms with Crippen molar-refractivity contribution in [3.05, 3.63) is 77.0 Å². The third kappa shape index (κ3) is 4.84. The molecule has 6 nitrogen and oxygen atoms in total. The molecule has 0 aromatic heterocycles. The normalized spacial score (nSPS) is 16.2. The molecule has 3 rings (SSSR count). The summed E-state index contributed by atoms with van der Waals surface area (Å²) in [7, 11) is 0. The van der Waals surface area contributed by atoms with E-state index in [0.717, 1.165) is 11.1 Å². The standard InChI is InChI=1S/C21H21ClN2O4/c1-14-18(20(25)27-12-11-22)19(24-21(26)23-14)16-7-9-17(10-8-16)28-13-15-5-3-2-4-6-15/h2-10,19H,11-13H2,1H3,(H2,23,24,26). The highest BCUT2D eigenvalue weighted by molar-refractivity contribution is 6.18. The molecule has 1 heterocycles. The number of carbonyl (C=O) groups excluding carboxylic acids is 2. The van der Waals surface area contributed by atoms with E-state index in [9.17, 15) is 9.59 Å². The van der Waals surface area contributed by atoms with Crippen molar-refractivity contribution in [2.75, 3.05) is 12.5 Å². The Bertz CT molecular complexity index is 866. The third-order valence-corrected chi connectivity index (χ3v) is 4.42. The number of rotatable bonds is 7. The maximum atomic E-state index is 12.4. The van der Waals surface area contributed by atoms with Crippen LogP contribution in [0.15, 0.2) is 65.9 Å². The van der Waals surface area contributed by atoms with Crippen molar-refractivity contribution in [2.45, 2.75) is 19.6 Å². The zero-order chi connectivity index (χ0) is 19.9. The lowest BCUT2D eigenvalue weighted by Crippen LogP contribution is -2.45. The lowest BCUT2D eigenvalue weighted by molar-refractivity contribution is -0.139. The van der Waals surface area contributed by atoms with Crippen LogP contribution in [-0.2, 0) is 16.1 Å². The van der Waals surface area contributed by atoms with Crippen LogP contribution in [0.5, 0.6) is 5.75 Å². The zero-order valence-electron chi connectivity index (χ0n) is 15.4. The SMILES string of the molecule is CC1=C(C(=O)OCCCl)C(c2ccc(OCc3ccccc3)cc2)NC(=O)N1. The van der Waals surface area contributed by atoms with Crippen molar-refractivity contribution >= 4 is 23.6 Å². The van der Waals surface area contributed by atoms with Crippen LogP contribution >= 0.6 is 11.6 Å². The van der Waals surface area contributed by atoms with Gasteiger partial charge in [-0.3, -0.25) is 0 Å². The van der Waals surface area contributed by atoms with Gasteiger partial charge in [-0.1, -0.05) is 42.5 Å². The molecule has 0 saturated carbocycles. The number of nitrogens with one attached hydrogen (secondary N) is 2. The van der Waals surface area contributed by atoms with Gasteiger partial charge in [0.2, 0.25) is 0 Å². The number of alkyl halides is 1. The molecule has 146 valence electrons. The number of carbonyl (C=O) groups is 2. The first-order valence-corrected chi connectivity index (χ1v) is 9.40. The smallest absolute Gasteiger partial charge is 0.338 e. The molecule has 7 heteroatoms. The van der Waals surface area contributed by atoms with Gasteiger partial charge in [0.15, 0.2) is 0 Å². The number of allylic oxidation sites excluding steroid dienone is 1. The first-order valence-electron chi connectivity index (χ1n) is 8.86. The minimum atomic E-state index is -0.611. The lowest BCUT2D eigenvalue weighted by atomic mass is 9.95. The minimum Gasteiger partial charge on any atom is -0.489 e. The molecule has 0 spiro atoms. The Kier molecular flexibility index (Phi) is 6.55. The minimum absolute atomic E-state index is 0.101. The maximum absolute atomic E-state index is 12.4. The molecule has 0 fully saturated rings. The summed E-state index contributed by atoms with van der Waals surface area (Å²) >= 11 is 5.60. The monoisotopic (exact) mass is 400 g/mol. The Morgan fingerprint density at radius 3 is 2.50 bits per heavy atom. The summed E-state index contributed by atoms with van der Waals surface area (Å²) in [5.41, 5.74) is 2.62. The molecule has 0 bridgehead atoms. The van der Waals surface area contributed by atoms with E-state index in [2.05, 4.69) is 10.6 Å². The molecular formula is C21H21ClN2O4. The van der Waals surface area contributed by atoms with Crippen LogP contribution in [0.2, 0.25) is 0 Å². The van der Waals surface area contributed by atoms with Crippen molar-refractivity contribution in [2.24, 2.45) is 0 Å². The highest BCUT2D eigenvalue weighted by atomic mass is 35.5. The quantitative estimate of drug-likeness (QED) is 0.549. The fraction of sp³-hybridized carbons (Fsp3) is 0.238. The summed E-state index contributed by atoms with van der Waals surface area (Å²) in [6, 6.07) is 16.1. The van der Waals surface area contributed by atoms with Crippen LogP contribution in [0.4, 0.5) is 4.79 Å². The van der Waals surface area contributed by atoms with E-state index < -0.39 is 12.0 Å². The second kappa shape index (κ2) is 9.28. The summed E-state index contributed by atoms with van der Waals surface area (Å²) in [4.78, 5) is 24.3. The highest BCUT2D eigenvalue weighted by Gasteiger charge is 2.32. The molecule has 2 N–H and O–H groups in total. The Morgan fingerprint density at radius 2 is 1.82 bits per heavy atom. The number of amides is 2. The van der Waals surface area contributed by atoms with E-state index in [0.29, 0.717) is 23.6 Å². The van der Waals surface area contributed by atoms with Gasteiger partial charge in [0.05, 0.1) is 17.5 Å². The average Bonchev–Trinajstić information content (AvgIpc) is 2.71. The third-order valence-electron chi connectivity index (χ3n) is 4.26. The van der Waals surface area contributed by atoms with E-state index >= 15 is 0 Å². The van der Waals surface area contributed by atoms with Crippen molar-refractivity contribution in [1.82, 2.24) is 10.6 Å². The second-order valence-corrected chi connectivity index (χ2v) is 6.62. The summed E-state index contributed by atoms with van der Waals surface area (Å²) < 4.78 is 10.9.